The summed E-state index contributed by atoms with van der Waals surface area (Å²) in [5.41, 5.74) is 1.99. The Balaban J connectivity index is 1.91. The van der Waals surface area contributed by atoms with E-state index in [1.54, 1.807) is 30.5 Å². The number of nitrogens with zero attached hydrogens (tertiary/aromatic N) is 1. The van der Waals surface area contributed by atoms with Crippen LogP contribution in [0, 0.1) is 0 Å². The average Bonchev–Trinajstić information content (AvgIpc) is 2.67. The predicted octanol–water partition coefficient (Wildman–Crippen LogP) is 4.32. The summed E-state index contributed by atoms with van der Waals surface area (Å²) in [5, 5.41) is 0. The molecule has 1 unspecified atom stereocenters. The fourth-order valence-corrected chi connectivity index (χ4v) is 2.68. The van der Waals surface area contributed by atoms with Crippen LogP contribution in [-0.2, 0) is 0 Å². The van der Waals surface area contributed by atoms with E-state index in [1.807, 2.05) is 48.5 Å². The third-order valence-corrected chi connectivity index (χ3v) is 3.95. The summed E-state index contributed by atoms with van der Waals surface area (Å²) < 4.78 is 0. The molecule has 3 aromatic rings. The molecule has 0 amide bonds. The summed E-state index contributed by atoms with van der Waals surface area (Å²) in [5.74, 6) is -0.624. The summed E-state index contributed by atoms with van der Waals surface area (Å²) in [7, 11) is 0. The van der Waals surface area contributed by atoms with Crippen LogP contribution in [0.2, 0.25) is 0 Å². The molecule has 0 radical (unpaired) electrons. The molecule has 0 saturated carbocycles. The molecule has 3 rings (SSSR count). The molecule has 3 heteroatoms. The molecule has 0 aliphatic carbocycles. The smallest absolute Gasteiger partial charge is 0.170 e. The quantitative estimate of drug-likeness (QED) is 0.636. The Kier molecular flexibility index (Phi) is 4.92. The molecule has 1 heterocycles. The lowest BCUT2D eigenvalue weighted by molar-refractivity contribution is 0.0893. The van der Waals surface area contributed by atoms with E-state index in [0.29, 0.717) is 11.1 Å². The van der Waals surface area contributed by atoms with Crippen LogP contribution in [-0.4, -0.2) is 16.6 Å². The van der Waals surface area contributed by atoms with Crippen LogP contribution < -0.4 is 0 Å². The van der Waals surface area contributed by atoms with Crippen molar-refractivity contribution in [3.8, 4) is 0 Å². The van der Waals surface area contributed by atoms with Gasteiger partial charge in [-0.25, -0.2) is 0 Å². The van der Waals surface area contributed by atoms with Crippen LogP contribution >= 0.6 is 0 Å². The molecule has 0 N–H and O–H groups in total. The molecule has 0 aliphatic heterocycles. The lowest BCUT2D eigenvalue weighted by Crippen LogP contribution is -2.17. The fraction of sp³-hybridized carbons (Fsp3) is 0.0952. The first-order chi connectivity index (χ1) is 11.8. The van der Waals surface area contributed by atoms with Crippen molar-refractivity contribution in [2.45, 2.75) is 12.3 Å². The van der Waals surface area contributed by atoms with Gasteiger partial charge >= 0.3 is 0 Å². The monoisotopic (exact) mass is 315 g/mol. The summed E-state index contributed by atoms with van der Waals surface area (Å²) in [4.78, 5) is 29.5. The van der Waals surface area contributed by atoms with E-state index in [9.17, 15) is 9.59 Å². The van der Waals surface area contributed by atoms with Crippen molar-refractivity contribution in [2.24, 2.45) is 0 Å². The highest BCUT2D eigenvalue weighted by atomic mass is 16.1. The van der Waals surface area contributed by atoms with Gasteiger partial charge < -0.3 is 0 Å². The van der Waals surface area contributed by atoms with Gasteiger partial charge in [-0.1, -0.05) is 60.7 Å². The van der Waals surface area contributed by atoms with Crippen LogP contribution in [0.25, 0.3) is 0 Å². The topological polar surface area (TPSA) is 47.0 Å². The van der Waals surface area contributed by atoms with E-state index in [1.165, 1.54) is 6.20 Å². The standard InChI is InChI=1S/C21H17NO2/c23-20(18-12-7-13-22-15-18)14-19(16-8-3-1-4-9-16)21(24)17-10-5-2-6-11-17/h1-13,15,19H,14H2. The Morgan fingerprint density at radius 2 is 1.42 bits per heavy atom. The second kappa shape index (κ2) is 7.47. The van der Waals surface area contributed by atoms with Crippen LogP contribution in [0.5, 0.6) is 0 Å². The number of ketones is 2. The largest absolute Gasteiger partial charge is 0.294 e. The third-order valence-electron chi connectivity index (χ3n) is 3.95. The van der Waals surface area contributed by atoms with Crippen LogP contribution in [0.3, 0.4) is 0 Å². The number of rotatable bonds is 6. The maximum Gasteiger partial charge on any atom is 0.170 e. The lowest BCUT2D eigenvalue weighted by atomic mass is 9.85. The molecule has 0 saturated heterocycles. The third kappa shape index (κ3) is 3.63. The first-order valence-electron chi connectivity index (χ1n) is 7.83. The molecule has 118 valence electrons. The van der Waals surface area contributed by atoms with Gasteiger partial charge in [0.05, 0.1) is 5.92 Å². The van der Waals surface area contributed by atoms with E-state index in [0.717, 1.165) is 5.56 Å². The van der Waals surface area contributed by atoms with Crippen molar-refractivity contribution in [3.05, 3.63) is 102 Å². The number of benzene rings is 2. The van der Waals surface area contributed by atoms with Gasteiger partial charge in [-0.2, -0.15) is 0 Å². The molecule has 2 aromatic carbocycles. The van der Waals surface area contributed by atoms with E-state index < -0.39 is 5.92 Å². The predicted molar refractivity (Wildman–Crippen MR) is 93.1 cm³/mol. The normalized spacial score (nSPS) is 11.7. The first-order valence-corrected chi connectivity index (χ1v) is 7.83. The molecule has 0 aliphatic rings. The van der Waals surface area contributed by atoms with Gasteiger partial charge in [0.1, 0.15) is 0 Å². The number of Topliss-reactive ketones (excluding diaryl/α,β-unsaturated/α-hetero) is 2. The molecular weight excluding hydrogens is 298 g/mol. The number of carbonyl (C=O) groups is 2. The zero-order valence-electron chi connectivity index (χ0n) is 13.1. The Bertz CT molecular complexity index is 814. The average molecular weight is 315 g/mol. The minimum atomic E-state index is -0.499. The van der Waals surface area contributed by atoms with E-state index in [-0.39, 0.29) is 18.0 Å². The summed E-state index contributed by atoms with van der Waals surface area (Å²) in [6.45, 7) is 0. The molecule has 0 bridgehead atoms. The van der Waals surface area contributed by atoms with Crippen molar-refractivity contribution in [2.75, 3.05) is 0 Å². The molecule has 0 spiro atoms. The van der Waals surface area contributed by atoms with Gasteiger partial charge in [0.25, 0.3) is 0 Å². The van der Waals surface area contributed by atoms with Crippen molar-refractivity contribution < 1.29 is 9.59 Å². The minimum Gasteiger partial charge on any atom is -0.294 e. The minimum absolute atomic E-state index is 0.0426. The van der Waals surface area contributed by atoms with Crippen molar-refractivity contribution in [1.82, 2.24) is 4.98 Å². The van der Waals surface area contributed by atoms with Gasteiger partial charge in [0.15, 0.2) is 11.6 Å². The van der Waals surface area contributed by atoms with Crippen LogP contribution in [0.4, 0.5) is 0 Å². The Labute approximate surface area is 141 Å². The maximum absolute atomic E-state index is 12.9. The van der Waals surface area contributed by atoms with Crippen LogP contribution in [0.1, 0.15) is 38.6 Å². The van der Waals surface area contributed by atoms with Crippen molar-refractivity contribution in [1.29, 1.82) is 0 Å². The highest BCUT2D eigenvalue weighted by Gasteiger charge is 2.25. The summed E-state index contributed by atoms with van der Waals surface area (Å²) in [6.07, 6.45) is 3.29. The first kappa shape index (κ1) is 15.8. The van der Waals surface area contributed by atoms with Crippen molar-refractivity contribution >= 4 is 11.6 Å². The molecule has 1 aromatic heterocycles. The molecule has 0 fully saturated rings. The second-order valence-corrected chi connectivity index (χ2v) is 5.56. The Hall–Kier alpha value is -3.07. The van der Waals surface area contributed by atoms with E-state index in [2.05, 4.69) is 4.98 Å². The zero-order chi connectivity index (χ0) is 16.8. The van der Waals surface area contributed by atoms with E-state index >= 15 is 0 Å². The SMILES string of the molecule is O=C(CC(C(=O)c1ccccc1)c1ccccc1)c1cccnc1. The highest BCUT2D eigenvalue weighted by molar-refractivity contribution is 6.06. The van der Waals surface area contributed by atoms with Crippen LogP contribution in [0.15, 0.2) is 85.2 Å². The molecule has 24 heavy (non-hydrogen) atoms. The maximum atomic E-state index is 12.9. The van der Waals surface area contributed by atoms with Gasteiger partial charge in [-0.3, -0.25) is 14.6 Å². The molecule has 1 atom stereocenters. The Morgan fingerprint density at radius 3 is 2.04 bits per heavy atom. The van der Waals surface area contributed by atoms with Crippen molar-refractivity contribution in [3.63, 3.8) is 0 Å². The fourth-order valence-electron chi connectivity index (χ4n) is 2.68. The summed E-state index contributed by atoms with van der Waals surface area (Å²) in [6, 6.07) is 22.0. The molecule has 3 nitrogen and oxygen atoms in total. The second-order valence-electron chi connectivity index (χ2n) is 5.56. The van der Waals surface area contributed by atoms with Gasteiger partial charge in [0, 0.05) is 29.9 Å². The van der Waals surface area contributed by atoms with E-state index in [4.69, 9.17) is 0 Å². The number of hydrogen-bond donors (Lipinski definition) is 0. The number of pyridine rings is 1. The summed E-state index contributed by atoms with van der Waals surface area (Å²) >= 11 is 0. The Morgan fingerprint density at radius 1 is 0.792 bits per heavy atom. The molecular formula is C21H17NO2. The van der Waals surface area contributed by atoms with Gasteiger partial charge in [0.2, 0.25) is 0 Å². The number of hydrogen-bond acceptors (Lipinski definition) is 3. The number of aromatic nitrogens is 1. The highest BCUT2D eigenvalue weighted by Crippen LogP contribution is 2.26. The lowest BCUT2D eigenvalue weighted by Gasteiger charge is -2.16. The zero-order valence-corrected chi connectivity index (χ0v) is 13.1. The number of carbonyl (C=O) groups excluding carboxylic acids is 2. The van der Waals surface area contributed by atoms with Gasteiger partial charge in [-0.15, -0.1) is 0 Å². The van der Waals surface area contributed by atoms with Gasteiger partial charge in [-0.05, 0) is 17.7 Å².